The summed E-state index contributed by atoms with van der Waals surface area (Å²) in [6.07, 6.45) is 9.21. The summed E-state index contributed by atoms with van der Waals surface area (Å²) in [4.78, 5) is 16.1. The molecule has 1 aromatic heterocycles. The molecule has 0 saturated heterocycles. The minimum Gasteiger partial charge on any atom is -0.491 e. The van der Waals surface area contributed by atoms with Crippen molar-refractivity contribution in [2.24, 2.45) is 0 Å². The van der Waals surface area contributed by atoms with Crippen LogP contribution in [0, 0.1) is 0 Å². The maximum absolute atomic E-state index is 10.5. The van der Waals surface area contributed by atoms with Gasteiger partial charge >= 0.3 is 5.97 Å². The Hall–Kier alpha value is -1.70. The molecule has 26 heavy (non-hydrogen) atoms. The van der Waals surface area contributed by atoms with Gasteiger partial charge in [-0.15, -0.1) is 11.3 Å². The normalized spacial score (nSPS) is 14.5. The summed E-state index contributed by atoms with van der Waals surface area (Å²) < 4.78 is 5.53. The highest BCUT2D eigenvalue weighted by atomic mass is 32.1. The first kappa shape index (κ1) is 22.3. The Morgan fingerprint density at radius 3 is 2.88 bits per heavy atom. The van der Waals surface area contributed by atoms with Gasteiger partial charge in [0, 0.05) is 36.5 Å². The van der Waals surface area contributed by atoms with Crippen LogP contribution in [0.1, 0.15) is 43.5 Å². The molecule has 0 bridgehead atoms. The largest absolute Gasteiger partial charge is 0.491 e. The molecule has 0 amide bonds. The van der Waals surface area contributed by atoms with Crippen molar-refractivity contribution in [3.63, 3.8) is 0 Å². The summed E-state index contributed by atoms with van der Waals surface area (Å²) in [5.74, 6) is -0.0137. The lowest BCUT2D eigenvalue weighted by molar-refractivity contribution is -0.137. The first-order chi connectivity index (χ1) is 12.4. The van der Waals surface area contributed by atoms with E-state index in [-0.39, 0.29) is 19.1 Å². The van der Waals surface area contributed by atoms with Crippen molar-refractivity contribution in [3.8, 4) is 0 Å². The molecule has 3 N–H and O–H groups in total. The smallest absolute Gasteiger partial charge is 0.303 e. The van der Waals surface area contributed by atoms with Crippen LogP contribution >= 0.6 is 11.3 Å². The number of nitrogens with zero attached hydrogens (tertiary/aromatic N) is 1. The van der Waals surface area contributed by atoms with E-state index in [0.29, 0.717) is 13.0 Å². The average molecular weight is 383 g/mol. The lowest BCUT2D eigenvalue weighted by Crippen LogP contribution is -2.36. The second kappa shape index (κ2) is 12.6. The molecule has 146 valence electrons. The lowest BCUT2D eigenvalue weighted by Gasteiger charge is -2.17. The van der Waals surface area contributed by atoms with Gasteiger partial charge in [0.05, 0.1) is 5.01 Å². The van der Waals surface area contributed by atoms with Gasteiger partial charge in [0.2, 0.25) is 0 Å². The summed E-state index contributed by atoms with van der Waals surface area (Å²) in [7, 11) is 0. The number of carbonyl (C=O) groups is 1. The van der Waals surface area contributed by atoms with Crippen LogP contribution < -0.4 is 5.32 Å². The first-order valence-electron chi connectivity index (χ1n) is 8.93. The highest BCUT2D eigenvalue weighted by Gasteiger charge is 2.11. The molecule has 0 aliphatic heterocycles. The number of nitrogens with one attached hydrogen (secondary N) is 1. The maximum atomic E-state index is 10.5. The summed E-state index contributed by atoms with van der Waals surface area (Å²) >= 11 is 1.62. The number of aliphatic hydroxyl groups excluding tert-OH is 1. The fourth-order valence-electron chi connectivity index (χ4n) is 2.29. The van der Waals surface area contributed by atoms with Crippen molar-refractivity contribution in [3.05, 3.63) is 40.1 Å². The monoisotopic (exact) mass is 382 g/mol. The number of thiazole rings is 1. The number of hydrogen-bond acceptors (Lipinski definition) is 6. The Morgan fingerprint density at radius 2 is 2.23 bits per heavy atom. The van der Waals surface area contributed by atoms with E-state index in [1.54, 1.807) is 11.3 Å². The number of ether oxygens (including phenoxy) is 1. The van der Waals surface area contributed by atoms with Crippen LogP contribution in [0.5, 0.6) is 0 Å². The van der Waals surface area contributed by atoms with Crippen LogP contribution in [-0.2, 0) is 22.4 Å². The molecule has 7 heteroatoms. The van der Waals surface area contributed by atoms with Crippen molar-refractivity contribution < 1.29 is 19.7 Å². The minimum atomic E-state index is -0.762. The Kier molecular flexibility index (Phi) is 10.8. The molecule has 0 spiro atoms. The van der Waals surface area contributed by atoms with Gasteiger partial charge in [0.1, 0.15) is 18.5 Å². The highest BCUT2D eigenvalue weighted by molar-refractivity contribution is 7.11. The summed E-state index contributed by atoms with van der Waals surface area (Å²) in [6.45, 7) is 6.56. The molecule has 0 aliphatic rings. The number of carboxylic acids is 1. The van der Waals surface area contributed by atoms with E-state index >= 15 is 0 Å². The van der Waals surface area contributed by atoms with E-state index in [0.717, 1.165) is 28.5 Å². The van der Waals surface area contributed by atoms with E-state index in [4.69, 9.17) is 9.84 Å². The fraction of sp³-hybridized carbons (Fsp3) is 0.579. The number of aliphatic carboxylic acids is 1. The van der Waals surface area contributed by atoms with Gasteiger partial charge in [-0.3, -0.25) is 4.79 Å². The fourth-order valence-corrected chi connectivity index (χ4v) is 3.38. The van der Waals surface area contributed by atoms with Gasteiger partial charge in [-0.25, -0.2) is 4.98 Å². The predicted molar refractivity (Wildman–Crippen MR) is 104 cm³/mol. The van der Waals surface area contributed by atoms with E-state index in [1.807, 2.05) is 38.3 Å². The zero-order valence-corrected chi connectivity index (χ0v) is 16.6. The van der Waals surface area contributed by atoms with Crippen LogP contribution in [0.4, 0.5) is 0 Å². The van der Waals surface area contributed by atoms with E-state index in [2.05, 4.69) is 17.2 Å². The van der Waals surface area contributed by atoms with Crippen LogP contribution in [0.15, 0.2) is 30.2 Å². The molecule has 6 nitrogen and oxygen atoms in total. The van der Waals surface area contributed by atoms with Gasteiger partial charge in [0.25, 0.3) is 0 Å². The number of rotatable bonds is 13. The molecule has 2 unspecified atom stereocenters. The number of hydrogen-bond donors (Lipinski definition) is 3. The van der Waals surface area contributed by atoms with Crippen LogP contribution in [0.3, 0.4) is 0 Å². The quantitative estimate of drug-likeness (QED) is 0.359. The van der Waals surface area contributed by atoms with E-state index in [9.17, 15) is 9.90 Å². The maximum Gasteiger partial charge on any atom is 0.303 e. The topological polar surface area (TPSA) is 91.7 Å². The van der Waals surface area contributed by atoms with Crippen LogP contribution in [0.2, 0.25) is 0 Å². The van der Waals surface area contributed by atoms with Gasteiger partial charge in [-0.2, -0.15) is 0 Å². The Morgan fingerprint density at radius 1 is 1.46 bits per heavy atom. The molecule has 1 rings (SSSR count). The Balaban J connectivity index is 2.28. The number of aromatic nitrogens is 1. The molecule has 0 saturated carbocycles. The molecule has 0 aromatic carbocycles. The minimum absolute atomic E-state index is 0.180. The van der Waals surface area contributed by atoms with Crippen LogP contribution in [0.25, 0.3) is 0 Å². The molecule has 0 radical (unpaired) electrons. The lowest BCUT2D eigenvalue weighted by atomic mass is 10.2. The van der Waals surface area contributed by atoms with Gasteiger partial charge in [0.15, 0.2) is 0 Å². The SMILES string of the molecule is C/C=C\C(=C/C)OCC(O)CNC(C)Cc1ncc(CCCC(=O)O)s1. The standard InChI is InChI=1S/C19H30N2O4S/c1-4-7-16(5-2)25-13-15(22)11-20-14(3)10-18-21-12-17(26-18)8-6-9-19(23)24/h4-5,7,12,14-15,20,22H,6,8-11,13H2,1-3H3,(H,23,24)/b7-4-,16-5+. The highest BCUT2D eigenvalue weighted by Crippen LogP contribution is 2.17. The van der Waals surface area contributed by atoms with Crippen molar-refractivity contribution in [2.75, 3.05) is 13.2 Å². The number of carboxylic acid groups (broad SMARTS) is 1. The molecular formula is C19H30N2O4S. The Labute approximate surface area is 159 Å². The van der Waals surface area contributed by atoms with E-state index in [1.165, 1.54) is 0 Å². The molecule has 0 aliphatic carbocycles. The van der Waals surface area contributed by atoms with Crippen molar-refractivity contribution in [2.45, 2.75) is 58.6 Å². The van der Waals surface area contributed by atoms with Gasteiger partial charge in [-0.1, -0.05) is 6.08 Å². The van der Waals surface area contributed by atoms with Crippen molar-refractivity contribution in [1.82, 2.24) is 10.3 Å². The number of aliphatic hydroxyl groups is 1. The second-order valence-corrected chi connectivity index (χ2v) is 7.34. The number of allylic oxidation sites excluding steroid dienone is 3. The summed E-state index contributed by atoms with van der Waals surface area (Å²) in [5.41, 5.74) is 0. The third kappa shape index (κ3) is 9.70. The van der Waals surface area contributed by atoms with Gasteiger partial charge in [-0.05, 0) is 45.8 Å². The van der Waals surface area contributed by atoms with Crippen molar-refractivity contribution >= 4 is 17.3 Å². The Bertz CT molecular complexity index is 598. The summed E-state index contributed by atoms with van der Waals surface area (Å²) in [5, 5.41) is 23.0. The molecule has 2 atom stereocenters. The predicted octanol–water partition coefficient (Wildman–Crippen LogP) is 2.93. The zero-order chi connectivity index (χ0) is 19.4. The van der Waals surface area contributed by atoms with E-state index < -0.39 is 12.1 Å². The van der Waals surface area contributed by atoms with Crippen LogP contribution in [-0.4, -0.2) is 46.5 Å². The third-order valence-corrected chi connectivity index (χ3v) is 4.74. The molecule has 1 aromatic rings. The first-order valence-corrected chi connectivity index (χ1v) is 9.74. The second-order valence-electron chi connectivity index (χ2n) is 6.14. The molecule has 0 fully saturated rings. The third-order valence-electron chi connectivity index (χ3n) is 3.66. The van der Waals surface area contributed by atoms with Gasteiger partial charge < -0.3 is 20.3 Å². The number of aryl methyl sites for hydroxylation is 1. The zero-order valence-electron chi connectivity index (χ0n) is 15.8. The molecular weight excluding hydrogens is 352 g/mol. The summed E-state index contributed by atoms with van der Waals surface area (Å²) in [6, 6.07) is 0.180. The average Bonchev–Trinajstić information content (AvgIpc) is 3.03. The van der Waals surface area contributed by atoms with Crippen molar-refractivity contribution in [1.29, 1.82) is 0 Å². The molecule has 1 heterocycles.